The summed E-state index contributed by atoms with van der Waals surface area (Å²) in [6, 6.07) is 15.6. The van der Waals surface area contributed by atoms with E-state index >= 15 is 0 Å². The van der Waals surface area contributed by atoms with E-state index in [-0.39, 0.29) is 24.2 Å². The van der Waals surface area contributed by atoms with Crippen molar-refractivity contribution in [2.75, 3.05) is 36.5 Å². The number of methoxy groups -OCH3 is 1. The number of nitrogens with zero attached hydrogens (tertiary/aromatic N) is 2. The summed E-state index contributed by atoms with van der Waals surface area (Å²) in [5.41, 5.74) is 2.89. The molecule has 0 aromatic heterocycles. The highest BCUT2D eigenvalue weighted by atomic mass is 16.5. The van der Waals surface area contributed by atoms with E-state index in [0.29, 0.717) is 13.1 Å². The highest BCUT2D eigenvalue weighted by Crippen LogP contribution is 2.27. The zero-order chi connectivity index (χ0) is 20.8. The number of benzene rings is 2. The molecular weight excluding hydrogens is 366 g/mol. The number of carbonyl (C=O) groups is 2. The third-order valence-electron chi connectivity index (χ3n) is 5.43. The van der Waals surface area contributed by atoms with E-state index in [9.17, 15) is 9.59 Å². The van der Waals surface area contributed by atoms with Crippen LogP contribution in [-0.2, 0) is 16.1 Å². The Balaban J connectivity index is 1.61. The van der Waals surface area contributed by atoms with Gasteiger partial charge in [-0.2, -0.15) is 0 Å². The van der Waals surface area contributed by atoms with Crippen LogP contribution in [0.5, 0.6) is 5.75 Å². The standard InChI is InChI=1S/C23H29N3O3/c1-4-25(5-2)19-10-12-20(13-11-19)26-16-18(14-22(26)27)23(28)24-15-17-8-6-7-9-21(17)29-3/h6-13,18H,4-5,14-16H2,1-3H3,(H,24,28). The fourth-order valence-corrected chi connectivity index (χ4v) is 3.74. The molecule has 1 heterocycles. The molecule has 1 saturated heterocycles. The topological polar surface area (TPSA) is 61.9 Å². The van der Waals surface area contributed by atoms with Gasteiger partial charge in [0.15, 0.2) is 0 Å². The van der Waals surface area contributed by atoms with E-state index in [1.165, 1.54) is 0 Å². The lowest BCUT2D eigenvalue weighted by Crippen LogP contribution is -2.32. The molecule has 29 heavy (non-hydrogen) atoms. The number of rotatable bonds is 8. The van der Waals surface area contributed by atoms with Crippen molar-refractivity contribution in [2.24, 2.45) is 5.92 Å². The number of ether oxygens (including phenoxy) is 1. The van der Waals surface area contributed by atoms with Crippen LogP contribution in [0.4, 0.5) is 11.4 Å². The summed E-state index contributed by atoms with van der Waals surface area (Å²) in [5.74, 6) is 0.273. The summed E-state index contributed by atoms with van der Waals surface area (Å²) in [6.07, 6.45) is 0.232. The maximum absolute atomic E-state index is 12.6. The minimum atomic E-state index is -0.348. The van der Waals surface area contributed by atoms with Crippen molar-refractivity contribution in [2.45, 2.75) is 26.8 Å². The number of nitrogens with one attached hydrogen (secondary N) is 1. The summed E-state index contributed by atoms with van der Waals surface area (Å²) in [7, 11) is 1.61. The van der Waals surface area contributed by atoms with Gasteiger partial charge in [0.05, 0.1) is 13.0 Å². The molecule has 2 aromatic carbocycles. The first-order chi connectivity index (χ1) is 14.1. The number of amides is 2. The smallest absolute Gasteiger partial charge is 0.227 e. The summed E-state index contributed by atoms with van der Waals surface area (Å²) >= 11 is 0. The predicted molar refractivity (Wildman–Crippen MR) is 115 cm³/mol. The second kappa shape index (κ2) is 9.45. The van der Waals surface area contributed by atoms with Gasteiger partial charge in [0.2, 0.25) is 11.8 Å². The zero-order valence-electron chi connectivity index (χ0n) is 17.4. The monoisotopic (exact) mass is 395 g/mol. The average Bonchev–Trinajstić information content (AvgIpc) is 3.15. The molecule has 0 radical (unpaired) electrons. The predicted octanol–water partition coefficient (Wildman–Crippen LogP) is 3.21. The zero-order valence-corrected chi connectivity index (χ0v) is 17.4. The van der Waals surface area contributed by atoms with Gasteiger partial charge in [0, 0.05) is 49.5 Å². The number of hydrogen-bond donors (Lipinski definition) is 1. The van der Waals surface area contributed by atoms with Crippen LogP contribution in [0.3, 0.4) is 0 Å². The van der Waals surface area contributed by atoms with Gasteiger partial charge in [-0.15, -0.1) is 0 Å². The third kappa shape index (κ3) is 4.70. The van der Waals surface area contributed by atoms with Crippen LogP contribution in [0, 0.1) is 5.92 Å². The molecule has 3 rings (SSSR count). The van der Waals surface area contributed by atoms with E-state index in [0.717, 1.165) is 35.8 Å². The van der Waals surface area contributed by atoms with Crippen molar-refractivity contribution in [3.8, 4) is 5.75 Å². The van der Waals surface area contributed by atoms with Gasteiger partial charge in [-0.3, -0.25) is 9.59 Å². The summed E-state index contributed by atoms with van der Waals surface area (Å²) in [4.78, 5) is 29.1. The molecule has 0 bridgehead atoms. The molecule has 0 aliphatic carbocycles. The lowest BCUT2D eigenvalue weighted by molar-refractivity contribution is -0.126. The number of carbonyl (C=O) groups excluding carboxylic acids is 2. The summed E-state index contributed by atoms with van der Waals surface area (Å²) in [6.45, 7) is 6.90. The lowest BCUT2D eigenvalue weighted by atomic mass is 10.1. The molecule has 2 amide bonds. The molecule has 1 fully saturated rings. The van der Waals surface area contributed by atoms with Crippen LogP contribution < -0.4 is 19.9 Å². The van der Waals surface area contributed by atoms with Gasteiger partial charge in [-0.25, -0.2) is 0 Å². The molecule has 0 spiro atoms. The van der Waals surface area contributed by atoms with E-state index in [4.69, 9.17) is 4.74 Å². The molecule has 2 aromatic rings. The number of anilines is 2. The normalized spacial score (nSPS) is 16.0. The SMILES string of the molecule is CCN(CC)c1ccc(N2CC(C(=O)NCc3ccccc3OC)CC2=O)cc1. The van der Waals surface area contributed by atoms with E-state index in [2.05, 4.69) is 24.1 Å². The Morgan fingerprint density at radius 2 is 1.83 bits per heavy atom. The summed E-state index contributed by atoms with van der Waals surface area (Å²) in [5, 5.41) is 2.94. The van der Waals surface area contributed by atoms with Gasteiger partial charge in [0.1, 0.15) is 5.75 Å². The largest absolute Gasteiger partial charge is 0.496 e. The minimum absolute atomic E-state index is 0.0157. The quantitative estimate of drug-likeness (QED) is 0.746. The molecule has 1 atom stereocenters. The van der Waals surface area contributed by atoms with E-state index in [1.807, 2.05) is 48.5 Å². The number of para-hydroxylation sites is 1. The Morgan fingerprint density at radius 1 is 1.14 bits per heavy atom. The van der Waals surface area contributed by atoms with Gasteiger partial charge >= 0.3 is 0 Å². The third-order valence-corrected chi connectivity index (χ3v) is 5.43. The Labute approximate surface area is 172 Å². The van der Waals surface area contributed by atoms with Crippen molar-refractivity contribution in [3.05, 3.63) is 54.1 Å². The van der Waals surface area contributed by atoms with Crippen LogP contribution in [0.1, 0.15) is 25.8 Å². The van der Waals surface area contributed by atoms with Crippen molar-refractivity contribution < 1.29 is 14.3 Å². The lowest BCUT2D eigenvalue weighted by Gasteiger charge is -2.22. The molecule has 1 N–H and O–H groups in total. The summed E-state index contributed by atoms with van der Waals surface area (Å²) < 4.78 is 5.32. The van der Waals surface area contributed by atoms with Crippen molar-refractivity contribution in [3.63, 3.8) is 0 Å². The maximum Gasteiger partial charge on any atom is 0.227 e. The Morgan fingerprint density at radius 3 is 2.48 bits per heavy atom. The first-order valence-electron chi connectivity index (χ1n) is 10.1. The van der Waals surface area contributed by atoms with Gasteiger partial charge in [-0.05, 0) is 44.2 Å². The van der Waals surface area contributed by atoms with Crippen molar-refractivity contribution in [1.29, 1.82) is 0 Å². The maximum atomic E-state index is 12.6. The Hall–Kier alpha value is -3.02. The molecule has 154 valence electrons. The van der Waals surface area contributed by atoms with Crippen LogP contribution in [0.25, 0.3) is 0 Å². The van der Waals surface area contributed by atoms with Crippen molar-refractivity contribution >= 4 is 23.2 Å². The van der Waals surface area contributed by atoms with Gasteiger partial charge in [0.25, 0.3) is 0 Å². The molecule has 1 aliphatic rings. The van der Waals surface area contributed by atoms with Gasteiger partial charge in [-0.1, -0.05) is 18.2 Å². The van der Waals surface area contributed by atoms with Crippen LogP contribution in [-0.4, -0.2) is 38.6 Å². The van der Waals surface area contributed by atoms with Crippen LogP contribution in [0.15, 0.2) is 48.5 Å². The molecule has 1 unspecified atom stereocenters. The fraction of sp³-hybridized carbons (Fsp3) is 0.391. The van der Waals surface area contributed by atoms with E-state index < -0.39 is 0 Å². The second-order valence-electron chi connectivity index (χ2n) is 7.12. The minimum Gasteiger partial charge on any atom is -0.496 e. The molecule has 6 nitrogen and oxygen atoms in total. The highest BCUT2D eigenvalue weighted by molar-refractivity contribution is 6.00. The van der Waals surface area contributed by atoms with E-state index in [1.54, 1.807) is 12.0 Å². The van der Waals surface area contributed by atoms with Crippen molar-refractivity contribution in [1.82, 2.24) is 5.32 Å². The number of hydrogen-bond acceptors (Lipinski definition) is 4. The first-order valence-corrected chi connectivity index (χ1v) is 10.1. The fourth-order valence-electron chi connectivity index (χ4n) is 3.74. The van der Waals surface area contributed by atoms with Crippen LogP contribution >= 0.6 is 0 Å². The van der Waals surface area contributed by atoms with Crippen LogP contribution in [0.2, 0.25) is 0 Å². The Bertz CT molecular complexity index is 847. The first kappa shape index (κ1) is 20.7. The molecular formula is C23H29N3O3. The second-order valence-corrected chi connectivity index (χ2v) is 7.12. The molecule has 6 heteroatoms. The average molecular weight is 396 g/mol. The van der Waals surface area contributed by atoms with Gasteiger partial charge < -0.3 is 19.9 Å². The Kier molecular flexibility index (Phi) is 6.75. The highest BCUT2D eigenvalue weighted by Gasteiger charge is 2.35. The molecule has 0 saturated carbocycles. The molecule has 1 aliphatic heterocycles.